The van der Waals surface area contributed by atoms with Crippen molar-refractivity contribution in [2.24, 2.45) is 0 Å². The van der Waals surface area contributed by atoms with Crippen molar-refractivity contribution in [3.05, 3.63) is 60.2 Å². The predicted molar refractivity (Wildman–Crippen MR) is 74.7 cm³/mol. The molecule has 108 valence electrons. The molecule has 1 unspecified atom stereocenters. The number of carbonyl (C=O) groups excluding carboxylic acids is 1. The Hall–Kier alpha value is -2.27. The maximum Gasteiger partial charge on any atom is 0.265 e. The maximum atomic E-state index is 12.5. The number of amides is 1. The van der Waals surface area contributed by atoms with E-state index in [1.54, 1.807) is 36.4 Å². The van der Waals surface area contributed by atoms with Crippen molar-refractivity contribution >= 4 is 17.3 Å². The van der Waals surface area contributed by atoms with Crippen molar-refractivity contribution in [3.8, 4) is 0 Å². The second-order valence-electron chi connectivity index (χ2n) is 4.67. The lowest BCUT2D eigenvalue weighted by Gasteiger charge is -2.18. The molecule has 1 aliphatic heterocycles. The largest absolute Gasteiger partial charge is 0.358 e. The van der Waals surface area contributed by atoms with E-state index in [9.17, 15) is 13.6 Å². The molecule has 0 N–H and O–H groups in total. The molecule has 5 heteroatoms. The van der Waals surface area contributed by atoms with E-state index in [0.717, 1.165) is 0 Å². The van der Waals surface area contributed by atoms with Crippen LogP contribution in [-0.2, 0) is 9.53 Å². The summed E-state index contributed by atoms with van der Waals surface area (Å²) >= 11 is 0. The number of fused-ring (bicyclic) bond motifs is 1. The van der Waals surface area contributed by atoms with Crippen LogP contribution in [0.1, 0.15) is 11.7 Å². The fraction of sp³-hybridized carbons (Fsp3) is 0.188. The van der Waals surface area contributed by atoms with Gasteiger partial charge < -0.3 is 4.74 Å². The molecule has 3 nitrogen and oxygen atoms in total. The van der Waals surface area contributed by atoms with Gasteiger partial charge in [0.25, 0.3) is 12.3 Å². The van der Waals surface area contributed by atoms with Crippen LogP contribution in [0.25, 0.3) is 0 Å². The Kier molecular flexibility index (Phi) is 3.66. The molecule has 1 atom stereocenters. The molecule has 2 aromatic carbocycles. The fourth-order valence-electron chi connectivity index (χ4n) is 2.46. The van der Waals surface area contributed by atoms with Crippen molar-refractivity contribution in [2.45, 2.75) is 12.5 Å². The first-order valence-corrected chi connectivity index (χ1v) is 6.56. The molecule has 0 aliphatic carbocycles. The first-order chi connectivity index (χ1) is 10.2. The van der Waals surface area contributed by atoms with Gasteiger partial charge in [-0.2, -0.15) is 0 Å². The Morgan fingerprint density at radius 3 is 2.43 bits per heavy atom. The lowest BCUT2D eigenvalue weighted by molar-refractivity contribution is -0.131. The molecule has 1 aliphatic rings. The summed E-state index contributed by atoms with van der Waals surface area (Å²) < 4.78 is 29.8. The minimum atomic E-state index is -2.60. The van der Waals surface area contributed by atoms with Gasteiger partial charge in [-0.25, -0.2) is 8.78 Å². The van der Waals surface area contributed by atoms with Crippen LogP contribution in [0.3, 0.4) is 0 Å². The third-order valence-electron chi connectivity index (χ3n) is 3.31. The first-order valence-electron chi connectivity index (χ1n) is 6.56. The monoisotopic (exact) mass is 289 g/mol. The second-order valence-corrected chi connectivity index (χ2v) is 4.67. The zero-order chi connectivity index (χ0) is 14.8. The quantitative estimate of drug-likeness (QED) is 0.859. The highest BCUT2D eigenvalue weighted by molar-refractivity contribution is 6.09. The fourth-order valence-corrected chi connectivity index (χ4v) is 2.46. The van der Waals surface area contributed by atoms with Crippen molar-refractivity contribution in [1.29, 1.82) is 0 Å². The number of ether oxygens (including phenoxy) is 1. The number of benzene rings is 2. The van der Waals surface area contributed by atoms with Gasteiger partial charge >= 0.3 is 0 Å². The van der Waals surface area contributed by atoms with Gasteiger partial charge in [0.15, 0.2) is 6.10 Å². The Labute approximate surface area is 120 Å². The van der Waals surface area contributed by atoms with Gasteiger partial charge in [0.1, 0.15) is 6.61 Å². The van der Waals surface area contributed by atoms with Gasteiger partial charge in [-0.05, 0) is 18.2 Å². The summed E-state index contributed by atoms with van der Waals surface area (Å²) in [5.41, 5.74) is 1.98. The first kappa shape index (κ1) is 13.7. The number of nitrogens with zero attached hydrogens (tertiary/aromatic N) is 1. The van der Waals surface area contributed by atoms with Crippen molar-refractivity contribution in [2.75, 3.05) is 11.5 Å². The number of anilines is 2. The van der Waals surface area contributed by atoms with E-state index in [1.165, 1.54) is 4.90 Å². The summed E-state index contributed by atoms with van der Waals surface area (Å²) in [6, 6.07) is 16.2. The minimum Gasteiger partial charge on any atom is -0.358 e. The summed E-state index contributed by atoms with van der Waals surface area (Å²) in [7, 11) is 0. The van der Waals surface area contributed by atoms with Crippen molar-refractivity contribution < 1.29 is 18.3 Å². The van der Waals surface area contributed by atoms with E-state index < -0.39 is 19.1 Å². The summed E-state index contributed by atoms with van der Waals surface area (Å²) in [6.45, 7) is -0.757. The van der Waals surface area contributed by atoms with Gasteiger partial charge in [0.05, 0.1) is 5.69 Å². The Balaban J connectivity index is 1.98. The molecule has 1 heterocycles. The number of carbonyl (C=O) groups is 1. The third-order valence-corrected chi connectivity index (χ3v) is 3.31. The van der Waals surface area contributed by atoms with Crippen LogP contribution < -0.4 is 4.90 Å². The number of hydrogen-bond donors (Lipinski definition) is 0. The average molecular weight is 289 g/mol. The standard InChI is InChI=1S/C16H13F2NO2/c17-14(18)10-21-15-12-8-4-5-9-13(12)19(16(15)20)11-6-2-1-3-7-11/h1-9,14-15H,10H2. The molecule has 21 heavy (non-hydrogen) atoms. The van der Waals surface area contributed by atoms with Crippen LogP contribution in [-0.4, -0.2) is 18.9 Å². The molecule has 1 amide bonds. The molecule has 2 aromatic rings. The highest BCUT2D eigenvalue weighted by atomic mass is 19.3. The smallest absolute Gasteiger partial charge is 0.265 e. The molecule has 0 bridgehead atoms. The van der Waals surface area contributed by atoms with Gasteiger partial charge in [-0.3, -0.25) is 9.69 Å². The molecular formula is C16H13F2NO2. The molecule has 0 saturated carbocycles. The van der Waals surface area contributed by atoms with E-state index in [0.29, 0.717) is 16.9 Å². The van der Waals surface area contributed by atoms with Gasteiger partial charge in [-0.1, -0.05) is 36.4 Å². The van der Waals surface area contributed by atoms with E-state index in [2.05, 4.69) is 0 Å². The molecule has 0 spiro atoms. The number of hydrogen-bond acceptors (Lipinski definition) is 2. The van der Waals surface area contributed by atoms with E-state index >= 15 is 0 Å². The van der Waals surface area contributed by atoms with Gasteiger partial charge in [0, 0.05) is 11.3 Å². The topological polar surface area (TPSA) is 29.5 Å². The van der Waals surface area contributed by atoms with Crippen LogP contribution in [0.2, 0.25) is 0 Å². The number of halogens is 2. The molecular weight excluding hydrogens is 276 g/mol. The normalized spacial score (nSPS) is 17.4. The van der Waals surface area contributed by atoms with Crippen molar-refractivity contribution in [3.63, 3.8) is 0 Å². The van der Waals surface area contributed by atoms with Crippen LogP contribution in [0.5, 0.6) is 0 Å². The van der Waals surface area contributed by atoms with E-state index in [1.807, 2.05) is 18.2 Å². The van der Waals surface area contributed by atoms with E-state index in [-0.39, 0.29) is 5.91 Å². The Morgan fingerprint density at radius 1 is 1.05 bits per heavy atom. The molecule has 0 fully saturated rings. The van der Waals surface area contributed by atoms with Gasteiger partial charge in [0.2, 0.25) is 0 Å². The molecule has 0 aromatic heterocycles. The van der Waals surface area contributed by atoms with Crippen LogP contribution in [0.15, 0.2) is 54.6 Å². The lowest BCUT2D eigenvalue weighted by atomic mass is 10.1. The highest BCUT2D eigenvalue weighted by Gasteiger charge is 2.39. The summed E-state index contributed by atoms with van der Waals surface area (Å²) in [4.78, 5) is 14.0. The average Bonchev–Trinajstić information content (AvgIpc) is 2.78. The number of alkyl halides is 2. The number of para-hydroxylation sites is 2. The SMILES string of the molecule is O=C1C(OCC(F)F)c2ccccc2N1c1ccccc1. The summed E-state index contributed by atoms with van der Waals surface area (Å²) in [5, 5.41) is 0. The maximum absolute atomic E-state index is 12.5. The van der Waals surface area contributed by atoms with Crippen LogP contribution in [0.4, 0.5) is 20.2 Å². The molecule has 0 saturated heterocycles. The minimum absolute atomic E-state index is 0.344. The van der Waals surface area contributed by atoms with Crippen LogP contribution in [0, 0.1) is 0 Å². The van der Waals surface area contributed by atoms with Crippen molar-refractivity contribution in [1.82, 2.24) is 0 Å². The Morgan fingerprint density at radius 2 is 1.71 bits per heavy atom. The zero-order valence-corrected chi connectivity index (χ0v) is 11.1. The summed E-state index contributed by atoms with van der Waals surface area (Å²) in [6.07, 6.45) is -3.58. The van der Waals surface area contributed by atoms with E-state index in [4.69, 9.17) is 4.74 Å². The second kappa shape index (κ2) is 5.61. The molecule has 3 rings (SSSR count). The number of rotatable bonds is 4. The third kappa shape index (κ3) is 2.52. The molecule has 0 radical (unpaired) electrons. The summed E-state index contributed by atoms with van der Waals surface area (Å²) in [5.74, 6) is -0.344. The lowest BCUT2D eigenvalue weighted by Crippen LogP contribution is -2.26. The van der Waals surface area contributed by atoms with Crippen LogP contribution >= 0.6 is 0 Å². The van der Waals surface area contributed by atoms with Gasteiger partial charge in [-0.15, -0.1) is 0 Å². The zero-order valence-electron chi connectivity index (χ0n) is 11.1. The Bertz CT molecular complexity index is 646. The predicted octanol–water partition coefficient (Wildman–Crippen LogP) is 3.69. The highest BCUT2D eigenvalue weighted by Crippen LogP contribution is 2.42.